The Morgan fingerprint density at radius 3 is 3.04 bits per heavy atom. The minimum atomic E-state index is -0.349. The maximum Gasteiger partial charge on any atom is 0.350 e. The van der Waals surface area contributed by atoms with E-state index in [0.29, 0.717) is 22.3 Å². The van der Waals surface area contributed by atoms with E-state index in [9.17, 15) is 4.79 Å². The highest BCUT2D eigenvalue weighted by molar-refractivity contribution is 7.17. The highest BCUT2D eigenvalue weighted by Gasteiger charge is 2.15. The molecule has 0 unspecified atom stereocenters. The first-order valence-electron chi connectivity index (χ1n) is 7.58. The maximum atomic E-state index is 11.8. The molecule has 6 nitrogen and oxygen atoms in total. The van der Waals surface area contributed by atoms with E-state index in [1.165, 1.54) is 11.3 Å². The number of nitrogens with one attached hydrogen (secondary N) is 1. The summed E-state index contributed by atoms with van der Waals surface area (Å²) in [6, 6.07) is 8.14. The molecular formula is C17H18N4O2S. The van der Waals surface area contributed by atoms with Gasteiger partial charge in [-0.1, -0.05) is 29.5 Å². The van der Waals surface area contributed by atoms with Crippen LogP contribution in [0.2, 0.25) is 0 Å². The van der Waals surface area contributed by atoms with Crippen LogP contribution in [0.25, 0.3) is 10.9 Å². The number of esters is 1. The first-order valence-corrected chi connectivity index (χ1v) is 8.39. The number of thiazole rings is 1. The molecule has 0 amide bonds. The SMILES string of the molecule is CCOC(=O)c1sc(N/N=C\c2cn(C)c3ccccc23)nc1C. The number of para-hydroxylation sites is 1. The lowest BCUT2D eigenvalue weighted by Crippen LogP contribution is -2.03. The Morgan fingerprint density at radius 2 is 2.25 bits per heavy atom. The summed E-state index contributed by atoms with van der Waals surface area (Å²) >= 11 is 1.24. The normalized spacial score (nSPS) is 11.3. The van der Waals surface area contributed by atoms with Gasteiger partial charge in [-0.2, -0.15) is 5.10 Å². The van der Waals surface area contributed by atoms with Crippen LogP contribution in [0.4, 0.5) is 5.13 Å². The highest BCUT2D eigenvalue weighted by Crippen LogP contribution is 2.23. The highest BCUT2D eigenvalue weighted by atomic mass is 32.1. The number of hydrogen-bond acceptors (Lipinski definition) is 6. The lowest BCUT2D eigenvalue weighted by atomic mass is 10.2. The van der Waals surface area contributed by atoms with Gasteiger partial charge in [0.25, 0.3) is 0 Å². The number of fused-ring (bicyclic) bond motifs is 1. The summed E-state index contributed by atoms with van der Waals surface area (Å²) in [6.07, 6.45) is 3.77. The number of rotatable bonds is 5. The van der Waals surface area contributed by atoms with Gasteiger partial charge in [-0.25, -0.2) is 9.78 Å². The third kappa shape index (κ3) is 3.16. The fourth-order valence-corrected chi connectivity index (χ4v) is 3.27. The summed E-state index contributed by atoms with van der Waals surface area (Å²) in [7, 11) is 2.00. The molecule has 1 N–H and O–H groups in total. The minimum Gasteiger partial charge on any atom is -0.462 e. The first-order chi connectivity index (χ1) is 11.6. The molecule has 1 aromatic carbocycles. The molecule has 0 fully saturated rings. The Bertz CT molecular complexity index is 911. The quantitative estimate of drug-likeness (QED) is 0.437. The fourth-order valence-electron chi connectivity index (χ4n) is 2.46. The summed E-state index contributed by atoms with van der Waals surface area (Å²) in [5.74, 6) is -0.349. The number of hydrogen-bond donors (Lipinski definition) is 1. The number of ether oxygens (including phenoxy) is 1. The zero-order valence-electron chi connectivity index (χ0n) is 13.7. The Hall–Kier alpha value is -2.67. The molecule has 0 spiro atoms. The number of carbonyl (C=O) groups is 1. The van der Waals surface area contributed by atoms with E-state index in [-0.39, 0.29) is 5.97 Å². The monoisotopic (exact) mass is 342 g/mol. The Labute approximate surface area is 143 Å². The average molecular weight is 342 g/mol. The predicted molar refractivity (Wildman–Crippen MR) is 96.9 cm³/mol. The van der Waals surface area contributed by atoms with Crippen molar-refractivity contribution >= 4 is 39.6 Å². The van der Waals surface area contributed by atoms with E-state index in [0.717, 1.165) is 16.5 Å². The van der Waals surface area contributed by atoms with Crippen molar-refractivity contribution in [2.24, 2.45) is 12.1 Å². The Morgan fingerprint density at radius 1 is 1.46 bits per heavy atom. The number of carbonyl (C=O) groups excluding carboxylic acids is 1. The molecule has 0 aliphatic heterocycles. The standard InChI is InChI=1S/C17H18N4O2S/c1-4-23-16(22)15-11(2)19-17(24-15)20-18-9-12-10-21(3)14-8-6-5-7-13(12)14/h5-10H,4H2,1-3H3,(H,19,20)/b18-9-. The fraction of sp³-hybridized carbons (Fsp3) is 0.235. The van der Waals surface area contributed by atoms with Gasteiger partial charge in [-0.05, 0) is 19.9 Å². The van der Waals surface area contributed by atoms with Gasteiger partial charge in [0.05, 0.1) is 18.5 Å². The molecule has 24 heavy (non-hydrogen) atoms. The third-order valence-electron chi connectivity index (χ3n) is 3.55. The number of benzene rings is 1. The second-order valence-electron chi connectivity index (χ2n) is 5.24. The van der Waals surface area contributed by atoms with Crippen molar-refractivity contribution in [3.05, 3.63) is 46.6 Å². The van der Waals surface area contributed by atoms with E-state index in [4.69, 9.17) is 4.74 Å². The van der Waals surface area contributed by atoms with Crippen LogP contribution in [0.5, 0.6) is 0 Å². The number of anilines is 1. The van der Waals surface area contributed by atoms with Gasteiger partial charge >= 0.3 is 5.97 Å². The summed E-state index contributed by atoms with van der Waals surface area (Å²) in [6.45, 7) is 3.91. The van der Waals surface area contributed by atoms with Crippen molar-refractivity contribution in [1.29, 1.82) is 0 Å². The van der Waals surface area contributed by atoms with Gasteiger partial charge in [0.2, 0.25) is 5.13 Å². The molecule has 124 valence electrons. The van der Waals surface area contributed by atoms with Crippen molar-refractivity contribution in [2.45, 2.75) is 13.8 Å². The van der Waals surface area contributed by atoms with E-state index < -0.39 is 0 Å². The third-order valence-corrected chi connectivity index (χ3v) is 4.59. The molecule has 0 atom stereocenters. The van der Waals surface area contributed by atoms with Gasteiger partial charge in [0.15, 0.2) is 0 Å². The molecule has 0 saturated heterocycles. The summed E-state index contributed by atoms with van der Waals surface area (Å²) in [5.41, 5.74) is 5.69. The van der Waals surface area contributed by atoms with Crippen LogP contribution in [-0.2, 0) is 11.8 Å². The van der Waals surface area contributed by atoms with Crippen molar-refractivity contribution in [3.63, 3.8) is 0 Å². The molecule has 3 aromatic rings. The largest absolute Gasteiger partial charge is 0.462 e. The lowest BCUT2D eigenvalue weighted by Gasteiger charge is -1.97. The molecule has 0 bridgehead atoms. The summed E-state index contributed by atoms with van der Waals surface area (Å²) in [5, 5.41) is 5.94. The molecule has 0 saturated carbocycles. The number of aryl methyl sites for hydroxylation is 2. The van der Waals surface area contributed by atoms with E-state index in [2.05, 4.69) is 32.2 Å². The topological polar surface area (TPSA) is 68.5 Å². The second-order valence-corrected chi connectivity index (χ2v) is 6.24. The van der Waals surface area contributed by atoms with Gasteiger partial charge in [-0.15, -0.1) is 0 Å². The molecule has 0 radical (unpaired) electrons. The Kier molecular flexibility index (Phi) is 4.61. The van der Waals surface area contributed by atoms with E-state index in [1.807, 2.05) is 25.4 Å². The summed E-state index contributed by atoms with van der Waals surface area (Å²) in [4.78, 5) is 16.6. The van der Waals surface area contributed by atoms with Crippen LogP contribution < -0.4 is 5.43 Å². The minimum absolute atomic E-state index is 0.345. The molecule has 0 aliphatic carbocycles. The molecule has 7 heteroatoms. The van der Waals surface area contributed by atoms with Crippen LogP contribution in [0, 0.1) is 6.92 Å². The van der Waals surface area contributed by atoms with Crippen LogP contribution in [0.1, 0.15) is 27.9 Å². The van der Waals surface area contributed by atoms with Gasteiger partial charge in [0.1, 0.15) is 4.88 Å². The van der Waals surface area contributed by atoms with Crippen molar-refractivity contribution in [1.82, 2.24) is 9.55 Å². The van der Waals surface area contributed by atoms with Gasteiger partial charge in [0, 0.05) is 29.7 Å². The first kappa shape index (κ1) is 16.2. The lowest BCUT2D eigenvalue weighted by molar-refractivity contribution is 0.0531. The molecule has 2 aromatic heterocycles. The van der Waals surface area contributed by atoms with Crippen LogP contribution in [0.3, 0.4) is 0 Å². The van der Waals surface area contributed by atoms with Crippen molar-refractivity contribution in [2.75, 3.05) is 12.0 Å². The second kappa shape index (κ2) is 6.84. The molecule has 3 rings (SSSR count). The summed E-state index contributed by atoms with van der Waals surface area (Å²) < 4.78 is 7.07. The molecule has 0 aliphatic rings. The van der Waals surface area contributed by atoms with Crippen molar-refractivity contribution in [3.8, 4) is 0 Å². The average Bonchev–Trinajstić information content (AvgIpc) is 3.09. The molecule has 2 heterocycles. The smallest absolute Gasteiger partial charge is 0.350 e. The number of hydrazone groups is 1. The van der Waals surface area contributed by atoms with Crippen molar-refractivity contribution < 1.29 is 9.53 Å². The van der Waals surface area contributed by atoms with E-state index in [1.54, 1.807) is 20.1 Å². The van der Waals surface area contributed by atoms with Crippen LogP contribution in [-0.4, -0.2) is 28.3 Å². The maximum absolute atomic E-state index is 11.8. The number of aromatic nitrogens is 2. The molecular weight excluding hydrogens is 324 g/mol. The zero-order chi connectivity index (χ0) is 17.1. The zero-order valence-corrected chi connectivity index (χ0v) is 14.6. The predicted octanol–water partition coefficient (Wildman–Crippen LogP) is 3.57. The van der Waals surface area contributed by atoms with Gasteiger partial charge < -0.3 is 9.30 Å². The van der Waals surface area contributed by atoms with Gasteiger partial charge in [-0.3, -0.25) is 5.43 Å². The number of nitrogens with zero attached hydrogens (tertiary/aromatic N) is 3. The Balaban J connectivity index is 1.77. The van der Waals surface area contributed by atoms with Crippen LogP contribution >= 0.6 is 11.3 Å². The van der Waals surface area contributed by atoms with Crippen LogP contribution in [0.15, 0.2) is 35.6 Å². The van der Waals surface area contributed by atoms with E-state index >= 15 is 0 Å².